The van der Waals surface area contributed by atoms with Gasteiger partial charge in [0.15, 0.2) is 8.29 Å². The van der Waals surface area contributed by atoms with E-state index in [0.717, 1.165) is 19.4 Å². The highest BCUT2D eigenvalue weighted by atomic mass is 32.2. The van der Waals surface area contributed by atoms with Crippen molar-refractivity contribution in [2.24, 2.45) is 0 Å². The van der Waals surface area contributed by atoms with E-state index >= 15 is 0 Å². The van der Waals surface area contributed by atoms with E-state index in [4.69, 9.17) is 17.0 Å². The van der Waals surface area contributed by atoms with E-state index in [9.17, 15) is 9.18 Å². The molecule has 0 spiro atoms. The first kappa shape index (κ1) is 17.5. The number of amides is 1. The van der Waals surface area contributed by atoms with Crippen LogP contribution in [0.5, 0.6) is 0 Å². The second-order valence-electron chi connectivity index (χ2n) is 5.25. The van der Waals surface area contributed by atoms with E-state index in [0.29, 0.717) is 20.5 Å². The van der Waals surface area contributed by atoms with Gasteiger partial charge in [-0.1, -0.05) is 23.1 Å². The van der Waals surface area contributed by atoms with Crippen LogP contribution in [-0.2, 0) is 9.53 Å². The van der Waals surface area contributed by atoms with Crippen molar-refractivity contribution in [2.75, 3.05) is 18.9 Å². The highest BCUT2D eigenvalue weighted by Gasteiger charge is 2.16. The first-order valence-electron chi connectivity index (χ1n) is 7.49. The molecule has 1 aliphatic rings. The van der Waals surface area contributed by atoms with Gasteiger partial charge in [0, 0.05) is 13.2 Å². The lowest BCUT2D eigenvalue weighted by Crippen LogP contribution is -2.32. The molecule has 0 saturated carbocycles. The topological polar surface area (TPSA) is 56.2 Å². The van der Waals surface area contributed by atoms with E-state index in [-0.39, 0.29) is 23.6 Å². The number of ether oxygens (including phenoxy) is 1. The van der Waals surface area contributed by atoms with Gasteiger partial charge in [-0.25, -0.2) is 9.07 Å². The van der Waals surface area contributed by atoms with Crippen LogP contribution < -0.4 is 5.32 Å². The molecule has 1 fully saturated rings. The molecule has 9 heteroatoms. The normalized spacial score (nSPS) is 17.1. The van der Waals surface area contributed by atoms with Crippen molar-refractivity contribution in [1.82, 2.24) is 15.1 Å². The molecule has 1 aromatic heterocycles. The Hall–Kier alpha value is -1.29. The second-order valence-corrected chi connectivity index (χ2v) is 8.09. The van der Waals surface area contributed by atoms with E-state index < -0.39 is 0 Å². The molecule has 0 unspecified atom stereocenters. The van der Waals surface area contributed by atoms with E-state index in [2.05, 4.69) is 10.4 Å². The average Bonchev–Trinajstić information content (AvgIpc) is 3.21. The Morgan fingerprint density at radius 3 is 3.00 bits per heavy atom. The quantitative estimate of drug-likeness (QED) is 0.611. The summed E-state index contributed by atoms with van der Waals surface area (Å²) in [5.74, 6) is -0.0822. The van der Waals surface area contributed by atoms with E-state index in [1.54, 1.807) is 16.8 Å². The molecule has 2 aromatic rings. The van der Waals surface area contributed by atoms with Crippen molar-refractivity contribution in [2.45, 2.75) is 23.3 Å². The van der Waals surface area contributed by atoms with Gasteiger partial charge in [-0.3, -0.25) is 4.79 Å². The van der Waals surface area contributed by atoms with Gasteiger partial charge < -0.3 is 10.1 Å². The number of hydrogen-bond acceptors (Lipinski definition) is 6. The monoisotopic (exact) mass is 385 g/mol. The fourth-order valence-corrected chi connectivity index (χ4v) is 4.47. The Morgan fingerprint density at radius 1 is 1.50 bits per heavy atom. The summed E-state index contributed by atoms with van der Waals surface area (Å²) in [7, 11) is 0. The number of aromatic nitrogens is 2. The summed E-state index contributed by atoms with van der Waals surface area (Å²) in [5, 5.41) is 7.26. The molecule has 1 saturated heterocycles. The summed E-state index contributed by atoms with van der Waals surface area (Å²) < 4.78 is 21.3. The van der Waals surface area contributed by atoms with Gasteiger partial charge in [-0.2, -0.15) is 0 Å². The van der Waals surface area contributed by atoms with Crippen LogP contribution in [0.25, 0.3) is 5.69 Å². The third-order valence-electron chi connectivity index (χ3n) is 3.48. The Labute approximate surface area is 152 Å². The SMILES string of the molecule is O=C(CSc1nn(-c2ccc(F)cc2)c(=S)s1)NC[C@@H]1CCCO1. The van der Waals surface area contributed by atoms with Gasteiger partial charge in [-0.05, 0) is 49.3 Å². The highest BCUT2D eigenvalue weighted by Crippen LogP contribution is 2.24. The van der Waals surface area contributed by atoms with E-state index in [1.807, 2.05) is 0 Å². The summed E-state index contributed by atoms with van der Waals surface area (Å²) >= 11 is 7.95. The van der Waals surface area contributed by atoms with Gasteiger partial charge in [0.2, 0.25) is 5.91 Å². The highest BCUT2D eigenvalue weighted by molar-refractivity contribution is 8.01. The molecule has 1 aliphatic heterocycles. The third kappa shape index (κ3) is 4.62. The summed E-state index contributed by atoms with van der Waals surface area (Å²) in [5.41, 5.74) is 0.701. The number of halogens is 1. The molecule has 2 heterocycles. The second kappa shape index (κ2) is 8.19. The molecule has 0 radical (unpaired) electrons. The lowest BCUT2D eigenvalue weighted by Gasteiger charge is -2.09. The van der Waals surface area contributed by atoms with Crippen LogP contribution in [0.1, 0.15) is 12.8 Å². The van der Waals surface area contributed by atoms with Crippen LogP contribution in [0.3, 0.4) is 0 Å². The predicted molar refractivity (Wildman–Crippen MR) is 94.9 cm³/mol. The molecule has 24 heavy (non-hydrogen) atoms. The minimum Gasteiger partial charge on any atom is -0.376 e. The van der Waals surface area contributed by atoms with Gasteiger partial charge >= 0.3 is 0 Å². The fourth-order valence-electron chi connectivity index (χ4n) is 2.28. The molecule has 0 bridgehead atoms. The van der Waals surface area contributed by atoms with E-state index in [1.165, 1.54) is 35.2 Å². The predicted octanol–water partition coefficient (Wildman–Crippen LogP) is 3.19. The standard InChI is InChI=1S/C15H16FN3O2S3/c16-10-3-5-11(6-4-10)19-15(22)24-14(18-19)23-9-13(20)17-8-12-2-1-7-21-12/h3-6,12H,1-2,7-9H2,(H,17,20)/t12-/m0/s1. The number of nitrogens with zero attached hydrogens (tertiary/aromatic N) is 2. The number of rotatable bonds is 6. The molecule has 128 valence electrons. The third-order valence-corrected chi connectivity index (χ3v) is 5.84. The maximum absolute atomic E-state index is 13.0. The van der Waals surface area contributed by atoms with Crippen LogP contribution in [0.4, 0.5) is 4.39 Å². The molecule has 3 rings (SSSR count). The smallest absolute Gasteiger partial charge is 0.230 e. The van der Waals surface area contributed by atoms with Crippen molar-refractivity contribution in [3.63, 3.8) is 0 Å². The zero-order valence-corrected chi connectivity index (χ0v) is 15.2. The van der Waals surface area contributed by atoms with Gasteiger partial charge in [0.25, 0.3) is 0 Å². The van der Waals surface area contributed by atoms with Crippen molar-refractivity contribution < 1.29 is 13.9 Å². The van der Waals surface area contributed by atoms with Crippen molar-refractivity contribution >= 4 is 41.2 Å². The molecular weight excluding hydrogens is 369 g/mol. The zero-order valence-electron chi connectivity index (χ0n) is 12.7. The largest absolute Gasteiger partial charge is 0.376 e. The van der Waals surface area contributed by atoms with Crippen LogP contribution >= 0.6 is 35.3 Å². The summed E-state index contributed by atoms with van der Waals surface area (Å²) in [6.07, 6.45) is 2.19. The molecule has 1 atom stereocenters. The number of carbonyl (C=O) groups excluding carboxylic acids is 1. The molecule has 5 nitrogen and oxygen atoms in total. The summed E-state index contributed by atoms with van der Waals surface area (Å²) in [6, 6.07) is 5.96. The number of nitrogens with one attached hydrogen (secondary N) is 1. The van der Waals surface area contributed by atoms with Crippen molar-refractivity contribution in [1.29, 1.82) is 0 Å². The first-order valence-corrected chi connectivity index (χ1v) is 9.70. The number of hydrogen-bond donors (Lipinski definition) is 1. The minimum absolute atomic E-state index is 0.0510. The van der Waals surface area contributed by atoms with Crippen molar-refractivity contribution in [3.05, 3.63) is 34.0 Å². The average molecular weight is 386 g/mol. The maximum atomic E-state index is 13.0. The van der Waals surface area contributed by atoms with Crippen LogP contribution in [-0.4, -0.2) is 40.7 Å². The number of thioether (sulfide) groups is 1. The fraction of sp³-hybridized carbons (Fsp3) is 0.400. The Kier molecular flexibility index (Phi) is 5.99. The van der Waals surface area contributed by atoms with Crippen LogP contribution in [0, 0.1) is 9.77 Å². The molecular formula is C15H16FN3O2S3. The molecule has 1 amide bonds. The number of benzene rings is 1. The molecule has 1 N–H and O–H groups in total. The Morgan fingerprint density at radius 2 is 2.29 bits per heavy atom. The molecule has 1 aromatic carbocycles. The van der Waals surface area contributed by atoms with Crippen LogP contribution in [0.15, 0.2) is 28.6 Å². The van der Waals surface area contributed by atoms with Crippen molar-refractivity contribution in [3.8, 4) is 5.69 Å². The maximum Gasteiger partial charge on any atom is 0.230 e. The molecule has 0 aliphatic carbocycles. The lowest BCUT2D eigenvalue weighted by atomic mass is 10.2. The zero-order chi connectivity index (χ0) is 16.9. The van der Waals surface area contributed by atoms with Gasteiger partial charge in [0.05, 0.1) is 17.5 Å². The first-order chi connectivity index (χ1) is 11.6. The van der Waals surface area contributed by atoms with Gasteiger partial charge in [0.1, 0.15) is 5.82 Å². The number of carbonyl (C=O) groups is 1. The lowest BCUT2D eigenvalue weighted by molar-refractivity contribution is -0.119. The Balaban J connectivity index is 1.54. The summed E-state index contributed by atoms with van der Waals surface area (Å²) in [4.78, 5) is 11.9. The van der Waals surface area contributed by atoms with Gasteiger partial charge in [-0.15, -0.1) is 5.10 Å². The minimum atomic E-state index is -0.307. The van der Waals surface area contributed by atoms with Crippen LogP contribution in [0.2, 0.25) is 0 Å². The summed E-state index contributed by atoms with van der Waals surface area (Å²) in [6.45, 7) is 1.33. The Bertz CT molecular complexity index is 754.